The fourth-order valence-corrected chi connectivity index (χ4v) is 9.99. The second-order valence-corrected chi connectivity index (χ2v) is 23.4. The van der Waals surface area contributed by atoms with Crippen LogP contribution in [0.2, 0.25) is 15.1 Å². The lowest BCUT2D eigenvalue weighted by molar-refractivity contribution is -0.138. The van der Waals surface area contributed by atoms with Gasteiger partial charge in [-0.15, -0.1) is 46.4 Å². The number of rotatable bonds is 17. The summed E-state index contributed by atoms with van der Waals surface area (Å²) < 4.78 is 116. The zero-order valence-electron chi connectivity index (χ0n) is 50.8. The van der Waals surface area contributed by atoms with Crippen molar-refractivity contribution in [2.75, 3.05) is 16.0 Å². The summed E-state index contributed by atoms with van der Waals surface area (Å²) >= 11 is 19.3. The second kappa shape index (κ2) is 36.0. The summed E-state index contributed by atoms with van der Waals surface area (Å²) in [7, 11) is 0. The van der Waals surface area contributed by atoms with E-state index >= 15 is 0 Å². The molecule has 0 saturated carbocycles. The zero-order chi connectivity index (χ0) is 74.3. The maximum absolute atomic E-state index is 13.0. The highest BCUT2D eigenvalue weighted by Gasteiger charge is 2.36. The molecular formula is C54H43Cl4F9N20O12S3. The van der Waals surface area contributed by atoms with Gasteiger partial charge in [0.1, 0.15) is 83.2 Å². The maximum Gasteiger partial charge on any atom is 0.418 e. The van der Waals surface area contributed by atoms with Gasteiger partial charge in [-0.3, -0.25) is 28.8 Å². The summed E-state index contributed by atoms with van der Waals surface area (Å²) in [6.07, 6.45) is -5.14. The zero-order valence-corrected chi connectivity index (χ0v) is 56.3. The highest BCUT2D eigenvalue weighted by Crippen LogP contribution is 2.38. The first-order valence-electron chi connectivity index (χ1n) is 26.5. The Kier molecular flexibility index (Phi) is 29.6. The molecule has 9 aromatic heterocycles. The Morgan fingerprint density at radius 3 is 0.951 bits per heavy atom. The number of carboxylic acids is 3. The Balaban J connectivity index is 0.000000301. The monoisotopic (exact) mass is 1570 g/mol. The number of carboxylic acid groups (broad SMARTS) is 3. The summed E-state index contributed by atoms with van der Waals surface area (Å²) in [5.41, 5.74) is 5.95. The van der Waals surface area contributed by atoms with Gasteiger partial charge in [-0.05, 0) is 39.0 Å². The molecule has 540 valence electrons. The Morgan fingerprint density at radius 2 is 0.676 bits per heavy atom. The summed E-state index contributed by atoms with van der Waals surface area (Å²) in [6.45, 7) is 4.86. The fourth-order valence-electron chi connectivity index (χ4n) is 6.97. The average Bonchev–Trinajstić information content (AvgIpc) is 1.11. The summed E-state index contributed by atoms with van der Waals surface area (Å²) in [6, 6.07) is 3.22. The number of nitrogens with one attached hydrogen (secondary N) is 5. The van der Waals surface area contributed by atoms with Crippen molar-refractivity contribution in [2.24, 2.45) is 11.5 Å². The number of nitrogens with two attached hydrogens (primary N) is 2. The van der Waals surface area contributed by atoms with Crippen molar-refractivity contribution in [3.63, 3.8) is 0 Å². The SMILES string of the molecule is C[C@@H](N)c1ncc(C(=O)Nc2cc(C(F)(F)F)c(Cl)cn2)s1.C[C@@H](NC(=O)c1cc(C(=O)O)ncn1)c1ncc(C(=O)Nc2cc(C(F)(F)F)c(Cl)cn2)s1.C[C@@H](NC(=O)c1cc(C(N)=O)ncn1)c1ncc(C(=O)Nc2cc(C(F)(F)F)c(Cl)cn2)s1.Cl.N.O=C(O)c1cc(C(=O)O)ncn1. The van der Waals surface area contributed by atoms with Gasteiger partial charge in [-0.2, -0.15) is 39.5 Å². The third-order valence-electron chi connectivity index (χ3n) is 11.7. The van der Waals surface area contributed by atoms with Crippen molar-refractivity contribution in [3.05, 3.63) is 188 Å². The number of alkyl halides is 9. The molecule has 0 fully saturated rings. The Labute approximate surface area is 596 Å². The number of aromatic nitrogens is 12. The molecule has 3 atom stereocenters. The van der Waals surface area contributed by atoms with E-state index in [4.69, 9.17) is 61.6 Å². The van der Waals surface area contributed by atoms with Crippen LogP contribution in [0.4, 0.5) is 57.0 Å². The quantitative estimate of drug-likeness (QED) is 0.0377. The molecule has 32 nitrogen and oxygen atoms in total. The molecule has 0 bridgehead atoms. The van der Waals surface area contributed by atoms with Gasteiger partial charge in [0.2, 0.25) is 0 Å². The number of pyridine rings is 3. The molecule has 0 aliphatic rings. The molecule has 9 rings (SSSR count). The molecule has 9 heterocycles. The van der Waals surface area contributed by atoms with Crippen molar-refractivity contribution in [1.82, 2.24) is 76.6 Å². The van der Waals surface area contributed by atoms with Crippen LogP contribution < -0.4 is 44.2 Å². The van der Waals surface area contributed by atoms with Crippen LogP contribution in [0, 0.1) is 0 Å². The standard InChI is InChI=1S/C18H13ClF3N7O3S.C18H12ClF3N6O4S.C12H10ClF3N4OS.C6H4N2O4.ClH.H3N/c1-7(28-15(31)11-3-10(14(23)30)26-6-27-11)17-25-5-12(33-17)16(32)29-13-2-8(18(20,21)22)9(19)4-24-13;1-7(27-14(29)10-3-11(17(31)32)26-6-25-10)16-24-5-12(33-16)15(30)28-13-2-8(18(20,21)22)9(19)4-23-13;1-5(17)11-19-4-8(22-11)10(21)20-9-2-6(12(14,15)16)7(13)3-18-9;9-5(10)3-1-4(6(11)12)8-2-7-3;;/h2-7H,1H3,(H2,23,30)(H,28,31)(H,24,29,32);2-7H,1H3,(H,27,29)(H,31,32)(H,23,28,30);2-5H,17H2,1H3,(H,18,20,21);1-2H,(H,9,10)(H,11,12);1H;1H3/t2*7-;5-;;;/m111.../s1. The van der Waals surface area contributed by atoms with Crippen LogP contribution in [0.5, 0.6) is 0 Å². The third kappa shape index (κ3) is 23.7. The Morgan fingerprint density at radius 1 is 0.412 bits per heavy atom. The van der Waals surface area contributed by atoms with Crippen molar-refractivity contribution >= 4 is 152 Å². The van der Waals surface area contributed by atoms with Crippen LogP contribution in [-0.2, 0) is 18.5 Å². The first kappa shape index (κ1) is 83.7. The lowest BCUT2D eigenvalue weighted by Gasteiger charge is -2.11. The van der Waals surface area contributed by atoms with Gasteiger partial charge in [-0.1, -0.05) is 34.8 Å². The van der Waals surface area contributed by atoms with Crippen LogP contribution >= 0.6 is 81.2 Å². The normalized spacial score (nSPS) is 11.8. The molecule has 0 saturated heterocycles. The van der Waals surface area contributed by atoms with Gasteiger partial charge in [0.25, 0.3) is 35.4 Å². The summed E-state index contributed by atoms with van der Waals surface area (Å²) in [4.78, 5) is 149. The van der Waals surface area contributed by atoms with E-state index in [0.717, 1.165) is 89.8 Å². The van der Waals surface area contributed by atoms with E-state index in [1.54, 1.807) is 20.8 Å². The predicted octanol–water partition coefficient (Wildman–Crippen LogP) is 10.2. The molecule has 102 heavy (non-hydrogen) atoms. The molecule has 0 aliphatic heterocycles. The van der Waals surface area contributed by atoms with Crippen LogP contribution in [0.25, 0.3) is 0 Å². The molecule has 6 amide bonds. The van der Waals surface area contributed by atoms with Gasteiger partial charge in [0, 0.05) is 36.8 Å². The predicted molar refractivity (Wildman–Crippen MR) is 345 cm³/mol. The van der Waals surface area contributed by atoms with E-state index in [0.29, 0.717) is 33.2 Å². The molecule has 0 aliphatic carbocycles. The first-order chi connectivity index (χ1) is 46.7. The number of carbonyl (C=O) groups excluding carboxylic acids is 6. The second-order valence-electron chi connectivity index (χ2n) is 19.0. The summed E-state index contributed by atoms with van der Waals surface area (Å²) in [5, 5.41) is 37.1. The number of carbonyl (C=O) groups is 9. The Hall–Kier alpha value is -10.7. The van der Waals surface area contributed by atoms with Crippen molar-refractivity contribution in [3.8, 4) is 0 Å². The van der Waals surface area contributed by atoms with Crippen LogP contribution in [0.3, 0.4) is 0 Å². The molecule has 48 heteroatoms. The van der Waals surface area contributed by atoms with Gasteiger partial charge in [0.15, 0.2) is 17.1 Å². The number of primary amides is 1. The fraction of sp³-hybridized carbons (Fsp3) is 0.167. The van der Waals surface area contributed by atoms with Gasteiger partial charge in [0.05, 0.1) is 68.5 Å². The van der Waals surface area contributed by atoms with Crippen LogP contribution in [0.15, 0.2) is 92.6 Å². The highest BCUT2D eigenvalue weighted by molar-refractivity contribution is 7.14. The number of amides is 6. The number of halogens is 13. The van der Waals surface area contributed by atoms with E-state index in [1.807, 2.05) is 0 Å². The molecule has 0 unspecified atom stereocenters. The van der Waals surface area contributed by atoms with E-state index in [2.05, 4.69) is 86.4 Å². The number of hydrogen-bond donors (Lipinski definition) is 11. The largest absolute Gasteiger partial charge is 0.477 e. The number of nitrogens with zero attached hydrogens (tertiary/aromatic N) is 12. The third-order valence-corrected chi connectivity index (χ3v) is 16.1. The van der Waals surface area contributed by atoms with Crippen LogP contribution in [0.1, 0.15) is 163 Å². The molecule has 0 spiro atoms. The lowest BCUT2D eigenvalue weighted by atomic mass is 10.2. The van der Waals surface area contributed by atoms with Crippen molar-refractivity contribution in [1.29, 1.82) is 0 Å². The number of thiazole rings is 3. The molecule has 9 aromatic rings. The minimum Gasteiger partial charge on any atom is -0.477 e. The smallest absolute Gasteiger partial charge is 0.418 e. The first-order valence-corrected chi connectivity index (χ1v) is 30.1. The lowest BCUT2D eigenvalue weighted by Crippen LogP contribution is -2.28. The average molecular weight is 1570 g/mol. The van der Waals surface area contributed by atoms with E-state index < -0.39 is 116 Å². The number of hydrogen-bond acceptors (Lipinski definition) is 26. The van der Waals surface area contributed by atoms with Crippen LogP contribution in [-0.4, -0.2) is 128 Å². The Bertz CT molecular complexity index is 4380. The minimum atomic E-state index is -4.72. The maximum atomic E-state index is 13.0. The molecule has 0 aromatic carbocycles. The van der Waals surface area contributed by atoms with Crippen molar-refractivity contribution < 1.29 is 98.0 Å². The van der Waals surface area contributed by atoms with Gasteiger partial charge in [-0.25, -0.2) is 74.2 Å². The van der Waals surface area contributed by atoms with E-state index in [9.17, 15) is 82.7 Å². The molecular weight excluding hydrogens is 1530 g/mol. The van der Waals surface area contributed by atoms with Crippen molar-refractivity contribution in [2.45, 2.75) is 57.4 Å². The summed E-state index contributed by atoms with van der Waals surface area (Å²) in [5.74, 6) is -9.13. The highest BCUT2D eigenvalue weighted by atomic mass is 35.5. The molecule has 15 N–H and O–H groups in total. The van der Waals surface area contributed by atoms with E-state index in [-0.39, 0.29) is 90.8 Å². The minimum absolute atomic E-state index is 0. The number of aromatic carboxylic acids is 3. The molecule has 0 radical (unpaired) electrons. The van der Waals surface area contributed by atoms with Gasteiger partial charge < -0.3 is 59.5 Å². The van der Waals surface area contributed by atoms with Gasteiger partial charge >= 0.3 is 36.4 Å². The number of anilines is 3. The topological polar surface area (TPSA) is 516 Å². The van der Waals surface area contributed by atoms with E-state index in [1.165, 1.54) is 18.6 Å².